The van der Waals surface area contributed by atoms with Crippen molar-refractivity contribution in [2.45, 2.75) is 72.1 Å². The highest BCUT2D eigenvalue weighted by Gasteiger charge is 2.35. The highest BCUT2D eigenvalue weighted by molar-refractivity contribution is 6.31. The monoisotopic (exact) mass is 577 g/mol. The molecule has 0 saturated carbocycles. The van der Waals surface area contributed by atoms with Crippen molar-refractivity contribution in [1.29, 1.82) is 0 Å². The van der Waals surface area contributed by atoms with Crippen LogP contribution in [0.5, 0.6) is 0 Å². The standard InChI is InChI=1S/C40H48ClN/c1-7-40(26-32(5)42-6,27-33-12-11-15-37(25-33)34-13-9-8-10-14-34)28-38(35-20-16-29(2)17-21-35)31(4)19-23-36-22-18-30(3)24-39(36)41/h8-18,20-22,24-25,31,38,42H,5,7,19,23,26-28H2,1-4,6H3. The molecular weight excluding hydrogens is 530 g/mol. The molecule has 1 nitrogen and oxygen atoms in total. The zero-order chi connectivity index (χ0) is 30.1. The van der Waals surface area contributed by atoms with Gasteiger partial charge in [0.1, 0.15) is 0 Å². The van der Waals surface area contributed by atoms with Gasteiger partial charge >= 0.3 is 0 Å². The average molecular weight is 578 g/mol. The van der Waals surface area contributed by atoms with Crippen LogP contribution in [0.15, 0.2) is 109 Å². The molecule has 0 heterocycles. The highest BCUT2D eigenvalue weighted by Crippen LogP contribution is 2.46. The number of hydrogen-bond acceptors (Lipinski definition) is 1. The molecule has 0 saturated heterocycles. The third kappa shape index (κ3) is 8.39. The van der Waals surface area contributed by atoms with Gasteiger partial charge in [-0.05, 0) is 109 Å². The predicted octanol–water partition coefficient (Wildman–Crippen LogP) is 11.1. The van der Waals surface area contributed by atoms with Gasteiger partial charge in [0, 0.05) is 17.8 Å². The largest absolute Gasteiger partial charge is 0.392 e. The van der Waals surface area contributed by atoms with Gasteiger partial charge in [0.15, 0.2) is 0 Å². The van der Waals surface area contributed by atoms with Gasteiger partial charge in [-0.1, -0.05) is 129 Å². The lowest BCUT2D eigenvalue weighted by molar-refractivity contribution is 0.196. The molecule has 42 heavy (non-hydrogen) atoms. The normalized spacial score (nSPS) is 14.1. The third-order valence-corrected chi connectivity index (χ3v) is 9.58. The van der Waals surface area contributed by atoms with E-state index in [0.717, 1.165) is 49.2 Å². The fourth-order valence-corrected chi connectivity index (χ4v) is 6.76. The van der Waals surface area contributed by atoms with Crippen molar-refractivity contribution in [3.8, 4) is 11.1 Å². The first-order valence-corrected chi connectivity index (χ1v) is 15.9. The number of nitrogens with one attached hydrogen (secondary N) is 1. The van der Waals surface area contributed by atoms with Gasteiger partial charge < -0.3 is 5.32 Å². The molecule has 0 bridgehead atoms. The van der Waals surface area contributed by atoms with Crippen LogP contribution in [-0.2, 0) is 12.8 Å². The van der Waals surface area contributed by atoms with Gasteiger partial charge in [0.05, 0.1) is 0 Å². The Morgan fingerprint density at radius 2 is 1.55 bits per heavy atom. The lowest BCUT2D eigenvalue weighted by atomic mass is 9.66. The Morgan fingerprint density at radius 1 is 0.857 bits per heavy atom. The second-order valence-corrected chi connectivity index (χ2v) is 12.9. The molecule has 220 valence electrons. The second-order valence-electron chi connectivity index (χ2n) is 12.5. The Kier molecular flexibility index (Phi) is 11.1. The fourth-order valence-electron chi connectivity index (χ4n) is 6.43. The van der Waals surface area contributed by atoms with E-state index in [4.69, 9.17) is 11.6 Å². The SMILES string of the molecule is C=C(CC(CC)(Cc1cccc(-c2ccccc2)c1)CC(c1ccc(C)cc1)C(C)CCc1ccc(C)cc1Cl)NC. The van der Waals surface area contributed by atoms with Gasteiger partial charge in [0.2, 0.25) is 0 Å². The lowest BCUT2D eigenvalue weighted by Gasteiger charge is -2.39. The van der Waals surface area contributed by atoms with Gasteiger partial charge in [-0.2, -0.15) is 0 Å². The molecule has 1 N–H and O–H groups in total. The van der Waals surface area contributed by atoms with E-state index in [0.29, 0.717) is 11.8 Å². The van der Waals surface area contributed by atoms with Crippen molar-refractivity contribution < 1.29 is 0 Å². The van der Waals surface area contributed by atoms with Gasteiger partial charge in [-0.3, -0.25) is 0 Å². The van der Waals surface area contributed by atoms with Crippen molar-refractivity contribution >= 4 is 11.6 Å². The van der Waals surface area contributed by atoms with Crippen LogP contribution in [0.4, 0.5) is 0 Å². The maximum Gasteiger partial charge on any atom is 0.0440 e. The molecule has 0 fully saturated rings. The number of allylic oxidation sites excluding steroid dienone is 1. The minimum atomic E-state index is 0.0702. The maximum absolute atomic E-state index is 6.66. The van der Waals surface area contributed by atoms with E-state index >= 15 is 0 Å². The summed E-state index contributed by atoms with van der Waals surface area (Å²) < 4.78 is 0. The van der Waals surface area contributed by atoms with Crippen molar-refractivity contribution in [3.63, 3.8) is 0 Å². The minimum Gasteiger partial charge on any atom is -0.392 e. The molecule has 2 heteroatoms. The summed E-state index contributed by atoms with van der Waals surface area (Å²) >= 11 is 6.66. The van der Waals surface area contributed by atoms with Crippen LogP contribution in [0, 0.1) is 25.2 Å². The molecule has 3 atom stereocenters. The van der Waals surface area contributed by atoms with E-state index in [2.05, 4.69) is 137 Å². The average Bonchev–Trinajstić information content (AvgIpc) is 3.00. The number of benzene rings is 4. The van der Waals surface area contributed by atoms with Crippen LogP contribution in [0.3, 0.4) is 0 Å². The molecule has 0 spiro atoms. The van der Waals surface area contributed by atoms with E-state index < -0.39 is 0 Å². The van der Waals surface area contributed by atoms with E-state index in [1.54, 1.807) is 0 Å². The van der Waals surface area contributed by atoms with Crippen LogP contribution in [0.25, 0.3) is 11.1 Å². The molecule has 0 aliphatic heterocycles. The molecule has 0 aliphatic carbocycles. The summed E-state index contributed by atoms with van der Waals surface area (Å²) in [6.07, 6.45) is 6.24. The van der Waals surface area contributed by atoms with E-state index in [9.17, 15) is 0 Å². The van der Waals surface area contributed by atoms with Gasteiger partial charge in [-0.25, -0.2) is 0 Å². The fraction of sp³-hybridized carbons (Fsp3) is 0.350. The van der Waals surface area contributed by atoms with Gasteiger partial charge in [0.25, 0.3) is 0 Å². The van der Waals surface area contributed by atoms with Crippen LogP contribution < -0.4 is 5.32 Å². The first kappa shape index (κ1) is 31.6. The lowest BCUT2D eigenvalue weighted by Crippen LogP contribution is -2.30. The smallest absolute Gasteiger partial charge is 0.0440 e. The topological polar surface area (TPSA) is 12.0 Å². The Bertz CT molecular complexity index is 1440. The quantitative estimate of drug-likeness (QED) is 0.157. The van der Waals surface area contributed by atoms with Crippen molar-refractivity contribution in [3.05, 3.63) is 142 Å². The zero-order valence-electron chi connectivity index (χ0n) is 26.2. The van der Waals surface area contributed by atoms with Crippen molar-refractivity contribution in [1.82, 2.24) is 5.32 Å². The molecule has 0 radical (unpaired) electrons. The van der Waals surface area contributed by atoms with Crippen LogP contribution in [-0.4, -0.2) is 7.05 Å². The number of halogens is 1. The molecule has 4 rings (SSSR count). The van der Waals surface area contributed by atoms with Crippen LogP contribution >= 0.6 is 11.6 Å². The Labute approximate surface area is 260 Å². The summed E-state index contributed by atoms with van der Waals surface area (Å²) in [6.45, 7) is 13.5. The van der Waals surface area contributed by atoms with E-state index in [1.165, 1.54) is 38.9 Å². The zero-order valence-corrected chi connectivity index (χ0v) is 27.0. The molecule has 0 aromatic heterocycles. The van der Waals surface area contributed by atoms with Crippen LogP contribution in [0.1, 0.15) is 73.3 Å². The molecule has 0 amide bonds. The molecule has 3 unspecified atom stereocenters. The van der Waals surface area contributed by atoms with Crippen LogP contribution in [0.2, 0.25) is 5.02 Å². The Balaban J connectivity index is 1.67. The number of rotatable bonds is 14. The van der Waals surface area contributed by atoms with Crippen molar-refractivity contribution in [2.75, 3.05) is 7.05 Å². The summed E-state index contributed by atoms with van der Waals surface area (Å²) in [6, 6.07) is 35.6. The molecule has 4 aromatic rings. The molecular formula is C40H48ClN. The highest BCUT2D eigenvalue weighted by atomic mass is 35.5. The van der Waals surface area contributed by atoms with Crippen molar-refractivity contribution in [2.24, 2.45) is 11.3 Å². The second kappa shape index (κ2) is 14.7. The summed E-state index contributed by atoms with van der Waals surface area (Å²) in [7, 11) is 2.00. The Morgan fingerprint density at radius 3 is 2.21 bits per heavy atom. The summed E-state index contributed by atoms with van der Waals surface area (Å²) in [5, 5.41) is 4.26. The predicted molar refractivity (Wildman–Crippen MR) is 183 cm³/mol. The summed E-state index contributed by atoms with van der Waals surface area (Å²) in [5.74, 6) is 0.922. The third-order valence-electron chi connectivity index (χ3n) is 9.23. The Hall–Kier alpha value is -3.29. The number of aryl methyl sites for hydroxylation is 3. The van der Waals surface area contributed by atoms with E-state index in [-0.39, 0.29) is 5.41 Å². The minimum absolute atomic E-state index is 0.0702. The molecule has 4 aromatic carbocycles. The number of hydrogen-bond donors (Lipinski definition) is 1. The van der Waals surface area contributed by atoms with E-state index in [1.807, 2.05) is 7.05 Å². The first-order valence-electron chi connectivity index (χ1n) is 15.5. The van der Waals surface area contributed by atoms with Gasteiger partial charge in [-0.15, -0.1) is 0 Å². The maximum atomic E-state index is 6.66. The first-order chi connectivity index (χ1) is 20.2. The molecule has 0 aliphatic rings. The summed E-state index contributed by atoms with van der Waals surface area (Å²) in [5.41, 5.74) is 10.3. The summed E-state index contributed by atoms with van der Waals surface area (Å²) in [4.78, 5) is 0.